The summed E-state index contributed by atoms with van der Waals surface area (Å²) in [6.07, 6.45) is 4.07. The van der Waals surface area contributed by atoms with Gasteiger partial charge in [-0.25, -0.2) is 4.79 Å². The Kier molecular flexibility index (Phi) is 4.45. The lowest BCUT2D eigenvalue weighted by molar-refractivity contribution is -0.139. The van der Waals surface area contributed by atoms with Crippen molar-refractivity contribution in [3.05, 3.63) is 0 Å². The summed E-state index contributed by atoms with van der Waals surface area (Å²) in [4.78, 5) is 44.2. The van der Waals surface area contributed by atoms with E-state index in [1.54, 1.807) is 25.9 Å². The number of hydrogen-bond acceptors (Lipinski definition) is 3. The van der Waals surface area contributed by atoms with Gasteiger partial charge in [-0.3, -0.25) is 9.59 Å². The number of hydrogen-bond donors (Lipinski definition) is 0. The van der Waals surface area contributed by atoms with Crippen LogP contribution in [0.1, 0.15) is 39.0 Å². The molecule has 7 heteroatoms. The van der Waals surface area contributed by atoms with Crippen molar-refractivity contribution in [2.75, 3.05) is 47.3 Å². The number of carbonyl (C=O) groups is 3. The van der Waals surface area contributed by atoms with Gasteiger partial charge in [-0.2, -0.15) is 0 Å². The van der Waals surface area contributed by atoms with E-state index in [1.165, 1.54) is 0 Å². The van der Waals surface area contributed by atoms with Gasteiger partial charge in [0.2, 0.25) is 11.8 Å². The minimum absolute atomic E-state index is 0.0260. The molecule has 25 heavy (non-hydrogen) atoms. The van der Waals surface area contributed by atoms with Gasteiger partial charge in [0, 0.05) is 59.8 Å². The average molecular weight is 350 g/mol. The van der Waals surface area contributed by atoms with E-state index in [0.717, 1.165) is 45.2 Å². The Labute approximate surface area is 149 Å². The summed E-state index contributed by atoms with van der Waals surface area (Å²) in [6.45, 7) is 4.36. The molecule has 3 aliphatic heterocycles. The molecule has 2 spiro atoms. The molecule has 4 amide bonds. The first-order valence-corrected chi connectivity index (χ1v) is 9.21. The highest BCUT2D eigenvalue weighted by Crippen LogP contribution is 2.52. The van der Waals surface area contributed by atoms with Crippen LogP contribution in [0.15, 0.2) is 0 Å². The van der Waals surface area contributed by atoms with Crippen molar-refractivity contribution >= 4 is 17.8 Å². The monoisotopic (exact) mass is 350 g/mol. The smallest absolute Gasteiger partial charge is 0.319 e. The fourth-order valence-electron chi connectivity index (χ4n) is 4.94. The van der Waals surface area contributed by atoms with Crippen molar-refractivity contribution in [3.8, 4) is 0 Å². The molecule has 3 aliphatic rings. The second-order valence-corrected chi connectivity index (χ2v) is 8.22. The Morgan fingerprint density at radius 3 is 1.96 bits per heavy atom. The number of amides is 4. The largest absolute Gasteiger partial charge is 0.343 e. The maximum Gasteiger partial charge on any atom is 0.319 e. The van der Waals surface area contributed by atoms with Crippen LogP contribution < -0.4 is 0 Å². The molecule has 3 rings (SSSR count). The van der Waals surface area contributed by atoms with E-state index < -0.39 is 0 Å². The van der Waals surface area contributed by atoms with Gasteiger partial charge in [-0.1, -0.05) is 0 Å². The molecule has 0 N–H and O–H groups in total. The average Bonchev–Trinajstić information content (AvgIpc) is 2.78. The van der Waals surface area contributed by atoms with Crippen LogP contribution in [0, 0.1) is 5.41 Å². The second-order valence-electron chi connectivity index (χ2n) is 8.22. The summed E-state index contributed by atoms with van der Waals surface area (Å²) in [6, 6.07) is 0.0260. The molecule has 0 aliphatic carbocycles. The molecule has 0 radical (unpaired) electrons. The van der Waals surface area contributed by atoms with Gasteiger partial charge in [0.25, 0.3) is 0 Å². The van der Waals surface area contributed by atoms with Crippen molar-refractivity contribution in [1.82, 2.24) is 19.6 Å². The van der Waals surface area contributed by atoms with Gasteiger partial charge in [-0.05, 0) is 32.1 Å². The molecule has 3 heterocycles. The van der Waals surface area contributed by atoms with Crippen molar-refractivity contribution in [1.29, 1.82) is 0 Å². The first-order chi connectivity index (χ1) is 11.7. The van der Waals surface area contributed by atoms with E-state index in [9.17, 15) is 14.4 Å². The zero-order valence-corrected chi connectivity index (χ0v) is 15.9. The number of likely N-dealkylation sites (tertiary alicyclic amines) is 3. The first-order valence-electron chi connectivity index (χ1n) is 9.21. The van der Waals surface area contributed by atoms with E-state index in [1.807, 2.05) is 21.7 Å². The summed E-state index contributed by atoms with van der Waals surface area (Å²) in [5, 5.41) is 0. The molecule has 7 nitrogen and oxygen atoms in total. The molecule has 0 saturated carbocycles. The summed E-state index contributed by atoms with van der Waals surface area (Å²) < 4.78 is 0. The normalized spacial score (nSPS) is 25.0. The van der Waals surface area contributed by atoms with E-state index in [2.05, 4.69) is 0 Å². The fourth-order valence-corrected chi connectivity index (χ4v) is 4.94. The third kappa shape index (κ3) is 2.87. The predicted molar refractivity (Wildman–Crippen MR) is 93.9 cm³/mol. The van der Waals surface area contributed by atoms with Gasteiger partial charge >= 0.3 is 6.03 Å². The zero-order valence-electron chi connectivity index (χ0n) is 15.9. The molecule has 0 unspecified atom stereocenters. The summed E-state index contributed by atoms with van der Waals surface area (Å²) in [5.74, 6) is 0.354. The maximum atomic E-state index is 13.1. The summed E-state index contributed by atoms with van der Waals surface area (Å²) in [5.41, 5.74) is -0.438. The molecule has 3 fully saturated rings. The highest BCUT2D eigenvalue weighted by Gasteiger charge is 2.59. The quantitative estimate of drug-likeness (QED) is 0.655. The van der Waals surface area contributed by atoms with Crippen LogP contribution in [0.25, 0.3) is 0 Å². The number of piperidine rings is 2. The molecule has 0 aromatic heterocycles. The van der Waals surface area contributed by atoms with Crippen molar-refractivity contribution in [2.24, 2.45) is 5.41 Å². The van der Waals surface area contributed by atoms with Crippen LogP contribution in [-0.2, 0) is 9.59 Å². The molecule has 0 bridgehead atoms. The Hall–Kier alpha value is -1.79. The number of rotatable bonds is 0. The third-order valence-electron chi connectivity index (χ3n) is 6.65. The molecule has 140 valence electrons. The predicted octanol–water partition coefficient (Wildman–Crippen LogP) is 0.993. The number of urea groups is 1. The number of carbonyl (C=O) groups excluding carboxylic acids is 3. The Morgan fingerprint density at radius 1 is 0.960 bits per heavy atom. The topological polar surface area (TPSA) is 64.2 Å². The Bertz CT molecular complexity index is 573. The van der Waals surface area contributed by atoms with Crippen LogP contribution in [0.5, 0.6) is 0 Å². The first kappa shape index (κ1) is 18.0. The van der Waals surface area contributed by atoms with E-state index in [4.69, 9.17) is 0 Å². The molecular weight excluding hydrogens is 320 g/mol. The SMILES string of the molecule is CC(=O)N1CCC2(CC1)CC1(CCN(C(=O)N(C)C)CC1)C(=O)N2C. The van der Waals surface area contributed by atoms with E-state index in [-0.39, 0.29) is 28.8 Å². The lowest BCUT2D eigenvalue weighted by Crippen LogP contribution is -2.52. The second kappa shape index (κ2) is 6.18. The molecule has 3 saturated heterocycles. The van der Waals surface area contributed by atoms with Crippen molar-refractivity contribution in [2.45, 2.75) is 44.6 Å². The van der Waals surface area contributed by atoms with Gasteiger partial charge in [-0.15, -0.1) is 0 Å². The van der Waals surface area contributed by atoms with Crippen molar-refractivity contribution < 1.29 is 14.4 Å². The van der Waals surface area contributed by atoms with E-state index >= 15 is 0 Å². The Balaban J connectivity index is 1.70. The highest BCUT2D eigenvalue weighted by molar-refractivity contribution is 5.87. The molecular formula is C18H30N4O3. The maximum absolute atomic E-state index is 13.1. The zero-order chi connectivity index (χ0) is 18.4. The van der Waals surface area contributed by atoms with Crippen molar-refractivity contribution in [3.63, 3.8) is 0 Å². The van der Waals surface area contributed by atoms with Gasteiger partial charge in [0.1, 0.15) is 0 Å². The lowest BCUT2D eigenvalue weighted by Gasteiger charge is -2.43. The van der Waals surface area contributed by atoms with E-state index in [0.29, 0.717) is 13.1 Å². The van der Waals surface area contributed by atoms with Crippen LogP contribution >= 0.6 is 0 Å². The van der Waals surface area contributed by atoms with Crippen LogP contribution in [0.2, 0.25) is 0 Å². The fraction of sp³-hybridized carbons (Fsp3) is 0.833. The molecule has 0 aromatic carbocycles. The standard InChI is InChI=1S/C18H30N4O3/c1-14(23)21-11-7-18(8-12-21)13-17(15(24)20(18)4)5-9-22(10-6-17)16(25)19(2)3/h5-13H2,1-4H3. The van der Waals surface area contributed by atoms with Gasteiger partial charge in [0.15, 0.2) is 0 Å². The molecule has 0 aromatic rings. The van der Waals surface area contributed by atoms with Crippen LogP contribution in [-0.4, -0.2) is 90.3 Å². The summed E-state index contributed by atoms with van der Waals surface area (Å²) >= 11 is 0. The van der Waals surface area contributed by atoms with Crippen LogP contribution in [0.3, 0.4) is 0 Å². The third-order valence-corrected chi connectivity index (χ3v) is 6.65. The van der Waals surface area contributed by atoms with Crippen LogP contribution in [0.4, 0.5) is 4.79 Å². The summed E-state index contributed by atoms with van der Waals surface area (Å²) in [7, 11) is 5.45. The Morgan fingerprint density at radius 2 is 1.48 bits per heavy atom. The van der Waals surface area contributed by atoms with Gasteiger partial charge < -0.3 is 19.6 Å². The molecule has 0 atom stereocenters. The minimum Gasteiger partial charge on any atom is -0.343 e. The van der Waals surface area contributed by atoms with Gasteiger partial charge in [0.05, 0.1) is 5.41 Å². The highest BCUT2D eigenvalue weighted by atomic mass is 16.2. The lowest BCUT2D eigenvalue weighted by atomic mass is 9.71. The minimum atomic E-state index is -0.323. The number of nitrogens with zero attached hydrogens (tertiary/aromatic N) is 4.